The van der Waals surface area contributed by atoms with E-state index in [1.54, 1.807) is 24.5 Å². The smallest absolute Gasteiger partial charge is 0.404 e. The molecule has 52 heavy (non-hydrogen) atoms. The number of benzene rings is 3. The van der Waals surface area contributed by atoms with Crippen LogP contribution in [0.15, 0.2) is 54.6 Å². The van der Waals surface area contributed by atoms with Gasteiger partial charge in [0.15, 0.2) is 0 Å². The Labute approximate surface area is 305 Å². The number of methoxy groups -OCH3 is 1. The van der Waals surface area contributed by atoms with E-state index in [9.17, 15) is 14.4 Å². The van der Waals surface area contributed by atoms with E-state index < -0.39 is 29.8 Å². The molecular formula is C41H43FN4O5S. The van der Waals surface area contributed by atoms with Crippen LogP contribution in [0.3, 0.4) is 0 Å². The van der Waals surface area contributed by atoms with Crippen LogP contribution in [0.2, 0.25) is 0 Å². The van der Waals surface area contributed by atoms with Gasteiger partial charge in [-0.2, -0.15) is 0 Å². The molecule has 0 radical (unpaired) electrons. The summed E-state index contributed by atoms with van der Waals surface area (Å²) in [5.41, 5.74) is 12.3. The SMILES string of the molecule is COc1cc(C(=O)N2C[C@H](F)C[C@@H](OC(N)=O)C2C(C)(C)C)cc2sc(-c3cc4ccc(-c5ccc6c(c5)C(=O)NC6)cc4n3CC3CC3)c(C)c12. The molecule has 3 N–H and O–H groups in total. The number of amides is 3. The van der Waals surface area contributed by atoms with E-state index in [0.29, 0.717) is 23.8 Å². The van der Waals surface area contributed by atoms with Crippen molar-refractivity contribution in [2.24, 2.45) is 17.1 Å². The number of primary amides is 1. The predicted octanol–water partition coefficient (Wildman–Crippen LogP) is 8.22. The Morgan fingerprint density at radius 2 is 1.81 bits per heavy atom. The van der Waals surface area contributed by atoms with Gasteiger partial charge in [0.05, 0.1) is 30.3 Å². The Morgan fingerprint density at radius 1 is 1.06 bits per heavy atom. The van der Waals surface area contributed by atoms with E-state index in [-0.39, 0.29) is 24.8 Å². The molecule has 270 valence electrons. The molecule has 2 aromatic heterocycles. The molecule has 3 aliphatic rings. The van der Waals surface area contributed by atoms with Crippen LogP contribution >= 0.6 is 11.3 Å². The van der Waals surface area contributed by atoms with Gasteiger partial charge in [0.1, 0.15) is 18.0 Å². The molecule has 5 aromatic rings. The largest absolute Gasteiger partial charge is 0.496 e. The summed E-state index contributed by atoms with van der Waals surface area (Å²) in [6, 6.07) is 17.9. The Balaban J connectivity index is 1.21. The van der Waals surface area contributed by atoms with Gasteiger partial charge in [-0.25, -0.2) is 9.18 Å². The number of alkyl halides is 1. The van der Waals surface area contributed by atoms with Crippen molar-refractivity contribution in [2.75, 3.05) is 13.7 Å². The third-order valence-electron chi connectivity index (χ3n) is 10.8. The lowest BCUT2D eigenvalue weighted by Crippen LogP contribution is -2.61. The van der Waals surface area contributed by atoms with Gasteiger partial charge < -0.3 is 30.0 Å². The van der Waals surface area contributed by atoms with Crippen molar-refractivity contribution >= 4 is 50.2 Å². The molecule has 3 atom stereocenters. The molecule has 0 spiro atoms. The average Bonchev–Trinajstić information content (AvgIpc) is 3.62. The summed E-state index contributed by atoms with van der Waals surface area (Å²) in [5.74, 6) is 0.792. The van der Waals surface area contributed by atoms with Crippen molar-refractivity contribution < 1.29 is 28.2 Å². The van der Waals surface area contributed by atoms with Gasteiger partial charge in [-0.15, -0.1) is 11.3 Å². The van der Waals surface area contributed by atoms with Crippen molar-refractivity contribution in [3.63, 3.8) is 0 Å². The second-order valence-electron chi connectivity index (χ2n) is 15.6. The van der Waals surface area contributed by atoms with Crippen molar-refractivity contribution in [1.29, 1.82) is 0 Å². The van der Waals surface area contributed by atoms with Gasteiger partial charge in [-0.05, 0) is 83.7 Å². The minimum Gasteiger partial charge on any atom is -0.496 e. The number of nitrogens with two attached hydrogens (primary N) is 1. The quantitative estimate of drug-likeness (QED) is 0.176. The summed E-state index contributed by atoms with van der Waals surface area (Å²) in [5, 5.41) is 4.98. The van der Waals surface area contributed by atoms with Crippen LogP contribution in [0.1, 0.15) is 71.9 Å². The number of hydrogen-bond acceptors (Lipinski definition) is 6. The second-order valence-corrected chi connectivity index (χ2v) is 16.6. The minimum atomic E-state index is -1.37. The predicted molar refractivity (Wildman–Crippen MR) is 202 cm³/mol. The highest BCUT2D eigenvalue weighted by atomic mass is 32.1. The summed E-state index contributed by atoms with van der Waals surface area (Å²) in [4.78, 5) is 41.2. The summed E-state index contributed by atoms with van der Waals surface area (Å²) in [6.45, 7) is 9.28. The maximum absolute atomic E-state index is 15.2. The number of carbonyl (C=O) groups excluding carboxylic acids is 3. The van der Waals surface area contributed by atoms with Crippen molar-refractivity contribution in [2.45, 2.75) is 78.4 Å². The lowest BCUT2D eigenvalue weighted by atomic mass is 9.78. The fourth-order valence-corrected chi connectivity index (χ4v) is 9.57. The van der Waals surface area contributed by atoms with Gasteiger partial charge in [0.2, 0.25) is 0 Å². The first-order chi connectivity index (χ1) is 24.8. The van der Waals surface area contributed by atoms with E-state index in [4.69, 9.17) is 15.2 Å². The van der Waals surface area contributed by atoms with Crippen LogP contribution < -0.4 is 15.8 Å². The van der Waals surface area contributed by atoms with Crippen LogP contribution in [0.5, 0.6) is 5.75 Å². The van der Waals surface area contributed by atoms with Crippen molar-refractivity contribution in [1.82, 2.24) is 14.8 Å². The molecule has 1 saturated carbocycles. The number of aryl methyl sites for hydroxylation is 1. The standard InChI is InChI=1S/C41H43FN4O5S/c1-21-35-32(50-5)15-27(39(48)46-20-28(42)17-33(51-40(43)49)37(46)41(2,3)4)16-34(35)52-36(21)31-14-25-10-8-24(13-30(25)45(31)19-22-6-7-22)23-9-11-26-18-44-38(47)29(26)12-23/h8-16,22,28,33,37H,6-7,17-20H2,1-5H3,(H2,43,49)(H,44,47)/t28-,33-,37?/m1/s1. The topological polar surface area (TPSA) is 116 Å². The van der Waals surface area contributed by atoms with E-state index in [1.165, 1.54) is 17.7 Å². The molecule has 3 amide bonds. The maximum atomic E-state index is 15.2. The Hall–Kier alpha value is -4.90. The molecule has 2 fully saturated rings. The number of nitrogens with one attached hydrogen (secondary N) is 1. The number of carbonyl (C=O) groups is 3. The van der Waals surface area contributed by atoms with Crippen LogP contribution in [-0.2, 0) is 17.8 Å². The molecule has 1 saturated heterocycles. The molecule has 0 bridgehead atoms. The first-order valence-corrected chi connectivity index (χ1v) is 18.7. The Kier molecular flexibility index (Phi) is 8.32. The molecular weight excluding hydrogens is 680 g/mol. The first-order valence-electron chi connectivity index (χ1n) is 17.9. The zero-order valence-corrected chi connectivity index (χ0v) is 30.9. The van der Waals surface area contributed by atoms with Crippen LogP contribution in [0.25, 0.3) is 42.7 Å². The van der Waals surface area contributed by atoms with Gasteiger partial charge in [0, 0.05) is 51.6 Å². The number of halogens is 1. The summed E-state index contributed by atoms with van der Waals surface area (Å²) >= 11 is 1.62. The lowest BCUT2D eigenvalue weighted by Gasteiger charge is -2.48. The Morgan fingerprint density at radius 3 is 2.52 bits per heavy atom. The van der Waals surface area contributed by atoms with E-state index in [2.05, 4.69) is 47.1 Å². The molecule has 4 heterocycles. The molecule has 11 heteroatoms. The lowest BCUT2D eigenvalue weighted by molar-refractivity contribution is -0.0570. The highest BCUT2D eigenvalue weighted by molar-refractivity contribution is 7.22. The summed E-state index contributed by atoms with van der Waals surface area (Å²) in [7, 11) is 1.60. The molecule has 8 rings (SSSR count). The monoisotopic (exact) mass is 722 g/mol. The van der Waals surface area contributed by atoms with Gasteiger partial charge in [-0.3, -0.25) is 9.59 Å². The second kappa shape index (κ2) is 12.6. The van der Waals surface area contributed by atoms with Crippen molar-refractivity contribution in [3.8, 4) is 27.4 Å². The first kappa shape index (κ1) is 34.2. The summed E-state index contributed by atoms with van der Waals surface area (Å²) in [6.07, 6.45) is -0.864. The van der Waals surface area contributed by atoms with Crippen LogP contribution in [-0.4, -0.2) is 59.3 Å². The molecule has 9 nitrogen and oxygen atoms in total. The number of likely N-dealkylation sites (tertiary alicyclic amines) is 1. The van der Waals surface area contributed by atoms with Crippen molar-refractivity contribution in [3.05, 3.63) is 76.9 Å². The van der Waals surface area contributed by atoms with E-state index in [1.807, 2.05) is 39.0 Å². The van der Waals surface area contributed by atoms with Gasteiger partial charge in [-0.1, -0.05) is 45.0 Å². The number of nitrogens with zero attached hydrogens (tertiary/aromatic N) is 2. The highest BCUT2D eigenvalue weighted by Gasteiger charge is 2.47. The van der Waals surface area contributed by atoms with E-state index in [0.717, 1.165) is 65.9 Å². The average molecular weight is 723 g/mol. The van der Waals surface area contributed by atoms with Crippen LogP contribution in [0, 0.1) is 18.3 Å². The zero-order valence-electron chi connectivity index (χ0n) is 30.0. The number of hydrogen-bond donors (Lipinski definition) is 2. The highest BCUT2D eigenvalue weighted by Crippen LogP contribution is 2.46. The number of piperidine rings is 1. The number of ether oxygens (including phenoxy) is 2. The summed E-state index contributed by atoms with van der Waals surface area (Å²) < 4.78 is 29.8. The fourth-order valence-electron chi connectivity index (χ4n) is 8.28. The zero-order chi connectivity index (χ0) is 36.6. The third-order valence-corrected chi connectivity index (χ3v) is 12.1. The van der Waals surface area contributed by atoms with Crippen LogP contribution in [0.4, 0.5) is 9.18 Å². The number of thiophene rings is 1. The Bertz CT molecular complexity index is 2280. The number of aromatic nitrogens is 1. The fraction of sp³-hybridized carbons (Fsp3) is 0.390. The molecule has 1 unspecified atom stereocenters. The normalized spacial score (nSPS) is 20.3. The third kappa shape index (κ3) is 5.98. The maximum Gasteiger partial charge on any atom is 0.404 e. The molecule has 2 aliphatic heterocycles. The van der Waals surface area contributed by atoms with E-state index >= 15 is 4.39 Å². The molecule has 1 aliphatic carbocycles. The van der Waals surface area contributed by atoms with Gasteiger partial charge >= 0.3 is 6.09 Å². The number of fused-ring (bicyclic) bond motifs is 3. The number of rotatable bonds is 7. The van der Waals surface area contributed by atoms with Gasteiger partial charge in [0.25, 0.3) is 11.8 Å². The molecule has 3 aromatic carbocycles. The minimum absolute atomic E-state index is 0.0225.